The molecule has 1 aliphatic heterocycles. The van der Waals surface area contributed by atoms with Crippen LogP contribution in [-0.2, 0) is 13.1 Å². The van der Waals surface area contributed by atoms with Crippen molar-refractivity contribution >= 4 is 0 Å². The zero-order valence-electron chi connectivity index (χ0n) is 14.1. The highest BCUT2D eigenvalue weighted by atomic mass is 19.1. The molecule has 0 saturated carbocycles. The molecule has 1 aliphatic rings. The van der Waals surface area contributed by atoms with Gasteiger partial charge in [0.25, 0.3) is 0 Å². The first-order valence-electron chi connectivity index (χ1n) is 8.47. The molecule has 1 atom stereocenters. The Kier molecular flexibility index (Phi) is 5.60. The Morgan fingerprint density at radius 3 is 2.67 bits per heavy atom. The summed E-state index contributed by atoms with van der Waals surface area (Å²) in [6, 6.07) is 7.00. The number of nitrogens with zero attached hydrogens (tertiary/aromatic N) is 4. The fraction of sp³-hybridized carbons (Fsp3) is 0.500. The molecule has 24 heavy (non-hydrogen) atoms. The first kappa shape index (κ1) is 17.1. The number of hydrogen-bond acceptors (Lipinski definition) is 4. The first-order chi connectivity index (χ1) is 11.6. The van der Waals surface area contributed by atoms with Crippen LogP contribution in [-0.4, -0.2) is 63.5 Å². The Labute approximate surface area is 142 Å². The molecule has 0 aliphatic carbocycles. The average Bonchev–Trinajstić information content (AvgIpc) is 2.99. The van der Waals surface area contributed by atoms with E-state index in [4.69, 9.17) is 5.11 Å². The van der Waals surface area contributed by atoms with Gasteiger partial charge in [-0.3, -0.25) is 14.5 Å². The summed E-state index contributed by atoms with van der Waals surface area (Å²) in [7, 11) is 0. The zero-order chi connectivity index (χ0) is 16.9. The number of aliphatic hydroxyl groups is 1. The second-order valence-electron chi connectivity index (χ2n) is 6.52. The van der Waals surface area contributed by atoms with Crippen LogP contribution >= 0.6 is 0 Å². The normalized spacial score (nSPS) is 19.7. The van der Waals surface area contributed by atoms with E-state index in [-0.39, 0.29) is 12.4 Å². The lowest BCUT2D eigenvalue weighted by Crippen LogP contribution is -2.52. The minimum Gasteiger partial charge on any atom is -0.395 e. The van der Waals surface area contributed by atoms with Gasteiger partial charge in [0.05, 0.1) is 19.3 Å². The molecule has 0 amide bonds. The molecule has 0 spiro atoms. The molecule has 1 unspecified atom stereocenters. The second kappa shape index (κ2) is 7.88. The third kappa shape index (κ3) is 4.41. The number of β-amino-alcohol motifs (C(OH)–C–C–N with tert-alkyl or cyclic N) is 1. The number of benzene rings is 1. The second-order valence-corrected chi connectivity index (χ2v) is 6.52. The minimum atomic E-state index is -0.214. The van der Waals surface area contributed by atoms with Gasteiger partial charge in [0.2, 0.25) is 0 Å². The van der Waals surface area contributed by atoms with Crippen molar-refractivity contribution in [3.05, 3.63) is 53.6 Å². The van der Waals surface area contributed by atoms with Crippen LogP contribution in [0.15, 0.2) is 36.7 Å². The molecule has 2 heterocycles. The summed E-state index contributed by atoms with van der Waals surface area (Å²) in [6.07, 6.45) is 3.97. The van der Waals surface area contributed by atoms with Crippen molar-refractivity contribution in [2.75, 3.05) is 32.8 Å². The van der Waals surface area contributed by atoms with Crippen LogP contribution < -0.4 is 0 Å². The minimum absolute atomic E-state index is 0.214. The van der Waals surface area contributed by atoms with E-state index in [9.17, 15) is 4.39 Å². The summed E-state index contributed by atoms with van der Waals surface area (Å²) in [5, 5.41) is 13.5. The number of aliphatic hydroxyl groups excluding tert-OH is 1. The van der Waals surface area contributed by atoms with Crippen molar-refractivity contribution in [1.82, 2.24) is 19.6 Å². The molecule has 0 radical (unpaired) electrons. The average molecular weight is 332 g/mol. The van der Waals surface area contributed by atoms with Gasteiger partial charge >= 0.3 is 0 Å². The van der Waals surface area contributed by atoms with Crippen molar-refractivity contribution in [3.8, 4) is 0 Å². The lowest BCUT2D eigenvalue weighted by atomic mass is 10.1. The van der Waals surface area contributed by atoms with Crippen LogP contribution in [0.1, 0.15) is 18.1 Å². The molecule has 1 saturated heterocycles. The molecule has 1 N–H and O–H groups in total. The van der Waals surface area contributed by atoms with E-state index in [1.165, 1.54) is 17.7 Å². The third-order valence-corrected chi connectivity index (χ3v) is 4.59. The fourth-order valence-corrected chi connectivity index (χ4v) is 3.28. The lowest BCUT2D eigenvalue weighted by molar-refractivity contribution is 0.0647. The third-order valence-electron chi connectivity index (χ3n) is 4.59. The van der Waals surface area contributed by atoms with Crippen molar-refractivity contribution in [1.29, 1.82) is 0 Å². The van der Waals surface area contributed by atoms with E-state index in [0.717, 1.165) is 38.3 Å². The van der Waals surface area contributed by atoms with E-state index < -0.39 is 0 Å². The van der Waals surface area contributed by atoms with Crippen LogP contribution in [0.25, 0.3) is 0 Å². The van der Waals surface area contributed by atoms with Gasteiger partial charge in [-0.2, -0.15) is 5.10 Å². The smallest absolute Gasteiger partial charge is 0.123 e. The van der Waals surface area contributed by atoms with Gasteiger partial charge in [0.15, 0.2) is 0 Å². The fourth-order valence-electron chi connectivity index (χ4n) is 3.28. The van der Waals surface area contributed by atoms with Crippen LogP contribution in [0.3, 0.4) is 0 Å². The van der Waals surface area contributed by atoms with Gasteiger partial charge < -0.3 is 5.11 Å². The molecule has 6 heteroatoms. The summed E-state index contributed by atoms with van der Waals surface area (Å²) in [5.41, 5.74) is 2.23. The first-order valence-corrected chi connectivity index (χ1v) is 8.47. The monoisotopic (exact) mass is 332 g/mol. The highest BCUT2D eigenvalue weighted by Gasteiger charge is 2.23. The number of halogens is 1. The topological polar surface area (TPSA) is 44.5 Å². The van der Waals surface area contributed by atoms with Crippen LogP contribution in [0.4, 0.5) is 4.39 Å². The number of piperazine rings is 1. The zero-order valence-corrected chi connectivity index (χ0v) is 14.1. The summed E-state index contributed by atoms with van der Waals surface area (Å²) >= 11 is 0. The maximum atomic E-state index is 13.0. The van der Waals surface area contributed by atoms with E-state index in [0.29, 0.717) is 12.6 Å². The largest absolute Gasteiger partial charge is 0.395 e. The molecular formula is C18H25FN4O. The maximum Gasteiger partial charge on any atom is 0.123 e. The highest BCUT2D eigenvalue weighted by Crippen LogP contribution is 2.13. The van der Waals surface area contributed by atoms with Gasteiger partial charge in [-0.15, -0.1) is 0 Å². The molecule has 1 fully saturated rings. The standard InChI is InChI=1S/C18H25FN4O/c1-15-11-21(6-7-22(15)8-9-24)12-17-10-20-23(14-17)13-16-2-4-18(19)5-3-16/h2-5,10,14-15,24H,6-9,11-13H2,1H3. The molecule has 2 aromatic rings. The molecule has 130 valence electrons. The molecule has 1 aromatic carbocycles. The predicted molar refractivity (Wildman–Crippen MR) is 91.1 cm³/mol. The molecule has 3 rings (SSSR count). The van der Waals surface area contributed by atoms with Crippen molar-refractivity contribution in [2.24, 2.45) is 0 Å². The van der Waals surface area contributed by atoms with Gasteiger partial charge in [0, 0.05) is 50.5 Å². The van der Waals surface area contributed by atoms with Crippen molar-refractivity contribution in [2.45, 2.75) is 26.1 Å². The number of aromatic nitrogens is 2. The Hall–Kier alpha value is -1.76. The number of rotatable bonds is 6. The summed E-state index contributed by atoms with van der Waals surface area (Å²) < 4.78 is 14.8. The van der Waals surface area contributed by atoms with Crippen molar-refractivity contribution < 1.29 is 9.50 Å². The van der Waals surface area contributed by atoms with Gasteiger partial charge in [-0.1, -0.05) is 12.1 Å². The Bertz CT molecular complexity index is 643. The van der Waals surface area contributed by atoms with Gasteiger partial charge in [-0.05, 0) is 24.6 Å². The SMILES string of the molecule is CC1CN(Cc2cnn(Cc3ccc(F)cc3)c2)CCN1CCO. The van der Waals surface area contributed by atoms with Gasteiger partial charge in [0.1, 0.15) is 5.82 Å². The Morgan fingerprint density at radius 2 is 1.96 bits per heavy atom. The van der Waals surface area contributed by atoms with E-state index in [2.05, 4.69) is 28.0 Å². The maximum absolute atomic E-state index is 13.0. The Balaban J connectivity index is 1.54. The number of hydrogen-bond donors (Lipinski definition) is 1. The molecular weight excluding hydrogens is 307 g/mol. The summed E-state index contributed by atoms with van der Waals surface area (Å²) in [5.74, 6) is -0.214. The summed E-state index contributed by atoms with van der Waals surface area (Å²) in [6.45, 7) is 7.73. The quantitative estimate of drug-likeness (QED) is 0.872. The molecule has 0 bridgehead atoms. The van der Waals surface area contributed by atoms with Gasteiger partial charge in [-0.25, -0.2) is 4.39 Å². The van der Waals surface area contributed by atoms with E-state index in [1.54, 1.807) is 12.1 Å². The Morgan fingerprint density at radius 1 is 1.17 bits per heavy atom. The predicted octanol–water partition coefficient (Wildman–Crippen LogP) is 1.57. The lowest BCUT2D eigenvalue weighted by Gasteiger charge is -2.39. The van der Waals surface area contributed by atoms with Crippen LogP contribution in [0.2, 0.25) is 0 Å². The van der Waals surface area contributed by atoms with Crippen LogP contribution in [0.5, 0.6) is 0 Å². The summed E-state index contributed by atoms with van der Waals surface area (Å²) in [4.78, 5) is 4.76. The molecule has 5 nitrogen and oxygen atoms in total. The molecule has 1 aromatic heterocycles. The van der Waals surface area contributed by atoms with Crippen LogP contribution in [0, 0.1) is 5.82 Å². The van der Waals surface area contributed by atoms with Crippen molar-refractivity contribution in [3.63, 3.8) is 0 Å². The van der Waals surface area contributed by atoms with E-state index in [1.807, 2.05) is 10.9 Å². The van der Waals surface area contributed by atoms with E-state index >= 15 is 0 Å². The highest BCUT2D eigenvalue weighted by molar-refractivity contribution is 5.17.